The molecule has 0 saturated heterocycles. The second kappa shape index (κ2) is 6.97. The highest BCUT2D eigenvalue weighted by Gasteiger charge is 2.17. The number of nitrogens with two attached hydrogens (primary N) is 1. The molecule has 0 atom stereocenters. The SMILES string of the molecule is CCN(CC)CCn1c(N)nc2c1c(=O)n(C)c(=O)n2C.Cl. The number of aromatic nitrogens is 4. The highest BCUT2D eigenvalue weighted by molar-refractivity contribution is 5.85. The molecule has 8 nitrogen and oxygen atoms in total. The van der Waals surface area contributed by atoms with Gasteiger partial charge in [-0.1, -0.05) is 13.8 Å². The fraction of sp³-hybridized carbons (Fsp3) is 0.615. The van der Waals surface area contributed by atoms with Gasteiger partial charge in [0, 0.05) is 27.2 Å². The van der Waals surface area contributed by atoms with Crippen LogP contribution >= 0.6 is 12.4 Å². The van der Waals surface area contributed by atoms with Crippen molar-refractivity contribution < 1.29 is 0 Å². The number of fused-ring (bicyclic) bond motifs is 1. The molecule has 22 heavy (non-hydrogen) atoms. The first kappa shape index (κ1) is 18.2. The molecule has 0 aromatic carbocycles. The second-order valence-corrected chi connectivity index (χ2v) is 5.03. The number of imidazole rings is 1. The third-order valence-corrected chi connectivity index (χ3v) is 3.91. The van der Waals surface area contributed by atoms with Gasteiger partial charge >= 0.3 is 5.69 Å². The Hall–Kier alpha value is -1.80. The maximum absolute atomic E-state index is 12.3. The number of hydrogen-bond donors (Lipinski definition) is 1. The molecule has 0 bridgehead atoms. The van der Waals surface area contributed by atoms with Gasteiger partial charge in [0.25, 0.3) is 5.56 Å². The van der Waals surface area contributed by atoms with Crippen LogP contribution in [-0.2, 0) is 20.6 Å². The van der Waals surface area contributed by atoms with Crippen molar-refractivity contribution in [1.82, 2.24) is 23.6 Å². The molecule has 9 heteroatoms. The molecule has 2 aromatic heterocycles. The Kier molecular flexibility index (Phi) is 5.78. The van der Waals surface area contributed by atoms with Crippen molar-refractivity contribution in [1.29, 1.82) is 0 Å². The zero-order chi connectivity index (χ0) is 15.7. The van der Waals surface area contributed by atoms with Gasteiger partial charge in [0.2, 0.25) is 5.95 Å². The Morgan fingerprint density at radius 1 is 1.14 bits per heavy atom. The molecule has 0 saturated carbocycles. The first-order chi connectivity index (χ1) is 9.92. The van der Waals surface area contributed by atoms with Crippen molar-refractivity contribution in [3.05, 3.63) is 20.8 Å². The zero-order valence-electron chi connectivity index (χ0n) is 13.4. The maximum atomic E-state index is 12.3. The first-order valence-corrected chi connectivity index (χ1v) is 7.06. The summed E-state index contributed by atoms with van der Waals surface area (Å²) in [6.07, 6.45) is 0. The van der Waals surface area contributed by atoms with Crippen molar-refractivity contribution in [3.8, 4) is 0 Å². The predicted octanol–water partition coefficient (Wildman–Crippen LogP) is -0.220. The predicted molar refractivity (Wildman–Crippen MR) is 89.7 cm³/mol. The minimum absolute atomic E-state index is 0. The lowest BCUT2D eigenvalue weighted by Crippen LogP contribution is -2.38. The molecule has 0 aliphatic rings. The Bertz CT molecular complexity index is 771. The van der Waals surface area contributed by atoms with Gasteiger partial charge in [0.15, 0.2) is 11.2 Å². The van der Waals surface area contributed by atoms with E-state index < -0.39 is 5.69 Å². The average molecular weight is 331 g/mol. The monoisotopic (exact) mass is 330 g/mol. The summed E-state index contributed by atoms with van der Waals surface area (Å²) in [6.45, 7) is 7.37. The number of anilines is 1. The number of aryl methyl sites for hydroxylation is 1. The molecular formula is C13H23ClN6O2. The Balaban J connectivity index is 0.00000242. The minimum atomic E-state index is -0.402. The van der Waals surface area contributed by atoms with E-state index in [2.05, 4.69) is 23.7 Å². The van der Waals surface area contributed by atoms with Crippen LogP contribution in [-0.4, -0.2) is 43.2 Å². The number of likely N-dealkylation sites (N-methyl/N-ethyl adjacent to an activating group) is 1. The molecule has 2 N–H and O–H groups in total. The first-order valence-electron chi connectivity index (χ1n) is 7.06. The molecule has 0 spiro atoms. The van der Waals surface area contributed by atoms with Crippen molar-refractivity contribution in [3.63, 3.8) is 0 Å². The molecule has 0 aliphatic carbocycles. The van der Waals surface area contributed by atoms with Crippen LogP contribution in [0, 0.1) is 0 Å². The molecular weight excluding hydrogens is 308 g/mol. The summed E-state index contributed by atoms with van der Waals surface area (Å²) in [7, 11) is 3.05. The molecule has 2 heterocycles. The molecule has 124 valence electrons. The summed E-state index contributed by atoms with van der Waals surface area (Å²) in [4.78, 5) is 30.7. The average Bonchev–Trinajstić information content (AvgIpc) is 2.81. The van der Waals surface area contributed by atoms with Gasteiger partial charge in [-0.05, 0) is 13.1 Å². The number of halogens is 1. The summed E-state index contributed by atoms with van der Waals surface area (Å²) >= 11 is 0. The number of hydrogen-bond acceptors (Lipinski definition) is 5. The van der Waals surface area contributed by atoms with Gasteiger partial charge in [0.1, 0.15) is 0 Å². The van der Waals surface area contributed by atoms with E-state index in [-0.39, 0.29) is 23.9 Å². The lowest BCUT2D eigenvalue weighted by atomic mass is 10.4. The third-order valence-electron chi connectivity index (χ3n) is 3.91. The van der Waals surface area contributed by atoms with E-state index in [4.69, 9.17) is 5.73 Å². The van der Waals surface area contributed by atoms with Crippen molar-refractivity contribution in [2.24, 2.45) is 14.1 Å². The minimum Gasteiger partial charge on any atom is -0.369 e. The highest BCUT2D eigenvalue weighted by atomic mass is 35.5. The van der Waals surface area contributed by atoms with E-state index in [9.17, 15) is 9.59 Å². The normalized spacial score (nSPS) is 11.1. The van der Waals surface area contributed by atoms with E-state index in [1.807, 2.05) is 0 Å². The van der Waals surface area contributed by atoms with Crippen molar-refractivity contribution in [2.75, 3.05) is 25.4 Å². The molecule has 2 aromatic rings. The number of nitrogens with zero attached hydrogens (tertiary/aromatic N) is 5. The van der Waals surface area contributed by atoms with Crippen LogP contribution in [0.1, 0.15) is 13.8 Å². The van der Waals surface area contributed by atoms with Gasteiger partial charge in [-0.15, -0.1) is 12.4 Å². The van der Waals surface area contributed by atoms with Gasteiger partial charge < -0.3 is 15.2 Å². The lowest BCUT2D eigenvalue weighted by Gasteiger charge is -2.18. The molecule has 0 radical (unpaired) electrons. The topological polar surface area (TPSA) is 91.1 Å². The van der Waals surface area contributed by atoms with E-state index >= 15 is 0 Å². The van der Waals surface area contributed by atoms with E-state index in [0.717, 1.165) is 24.2 Å². The Morgan fingerprint density at radius 3 is 2.27 bits per heavy atom. The second-order valence-electron chi connectivity index (χ2n) is 5.03. The summed E-state index contributed by atoms with van der Waals surface area (Å²) in [5.41, 5.74) is 5.88. The van der Waals surface area contributed by atoms with Gasteiger partial charge in [-0.3, -0.25) is 13.9 Å². The maximum Gasteiger partial charge on any atom is 0.332 e. The van der Waals surface area contributed by atoms with Crippen molar-refractivity contribution in [2.45, 2.75) is 20.4 Å². The summed E-state index contributed by atoms with van der Waals surface area (Å²) in [6, 6.07) is 0. The Morgan fingerprint density at radius 2 is 1.73 bits per heavy atom. The van der Waals surface area contributed by atoms with Crippen LogP contribution in [0.2, 0.25) is 0 Å². The van der Waals surface area contributed by atoms with Gasteiger partial charge in [0.05, 0.1) is 0 Å². The van der Waals surface area contributed by atoms with Crippen LogP contribution in [0.4, 0.5) is 5.95 Å². The summed E-state index contributed by atoms with van der Waals surface area (Å²) in [5.74, 6) is 0.260. The van der Waals surface area contributed by atoms with E-state index in [1.165, 1.54) is 11.6 Å². The van der Waals surface area contributed by atoms with E-state index in [1.54, 1.807) is 11.6 Å². The summed E-state index contributed by atoms with van der Waals surface area (Å²) < 4.78 is 4.12. The molecule has 0 amide bonds. The lowest BCUT2D eigenvalue weighted by molar-refractivity contribution is 0.292. The highest BCUT2D eigenvalue weighted by Crippen LogP contribution is 2.12. The third kappa shape index (κ3) is 2.89. The van der Waals surface area contributed by atoms with Crippen LogP contribution in [0.3, 0.4) is 0 Å². The molecule has 0 aliphatic heterocycles. The fourth-order valence-electron chi connectivity index (χ4n) is 2.47. The molecule has 0 unspecified atom stereocenters. The van der Waals surface area contributed by atoms with Gasteiger partial charge in [-0.2, -0.15) is 4.98 Å². The van der Waals surface area contributed by atoms with Crippen LogP contribution in [0.15, 0.2) is 9.59 Å². The number of rotatable bonds is 5. The smallest absolute Gasteiger partial charge is 0.332 e. The Labute approximate surface area is 134 Å². The van der Waals surface area contributed by atoms with Gasteiger partial charge in [-0.25, -0.2) is 4.79 Å². The largest absolute Gasteiger partial charge is 0.369 e. The van der Waals surface area contributed by atoms with E-state index in [0.29, 0.717) is 17.7 Å². The standard InChI is InChI=1S/C13H22N6O2.ClH/c1-5-18(6-2)7-8-19-9-10(15-12(19)14)16(3)13(21)17(4)11(9)20;/h5-8H2,1-4H3,(H2,14,15);1H. The van der Waals surface area contributed by atoms with Crippen LogP contribution in [0.25, 0.3) is 11.2 Å². The molecule has 2 rings (SSSR count). The fourth-order valence-corrected chi connectivity index (χ4v) is 2.47. The van der Waals surface area contributed by atoms with Crippen LogP contribution in [0.5, 0.6) is 0 Å². The zero-order valence-corrected chi connectivity index (χ0v) is 14.2. The quantitative estimate of drug-likeness (QED) is 0.818. The summed E-state index contributed by atoms with van der Waals surface area (Å²) in [5, 5.41) is 0. The molecule has 0 fully saturated rings. The van der Waals surface area contributed by atoms with Crippen LogP contribution < -0.4 is 17.0 Å². The van der Waals surface area contributed by atoms with Crippen molar-refractivity contribution >= 4 is 29.5 Å². The number of nitrogen functional groups attached to an aromatic ring is 1.